The van der Waals surface area contributed by atoms with Crippen LogP contribution in [0.15, 0.2) is 42.9 Å². The number of rotatable bonds is 5. The molecule has 2 atom stereocenters. The Balaban J connectivity index is 1.53. The third-order valence-corrected chi connectivity index (χ3v) is 6.62. The molecule has 2 aromatic heterocycles. The quantitative estimate of drug-likeness (QED) is 0.660. The second kappa shape index (κ2) is 7.46. The number of amides is 2. The third-order valence-electron chi connectivity index (χ3n) is 6.62. The molecule has 2 amide bonds. The molecule has 1 spiro atoms. The molecule has 0 saturated carbocycles. The number of benzene rings is 1. The van der Waals surface area contributed by atoms with Gasteiger partial charge in [-0.1, -0.05) is 31.5 Å². The minimum Gasteiger partial charge on any atom is -0.396 e. The summed E-state index contributed by atoms with van der Waals surface area (Å²) >= 11 is 0. The Morgan fingerprint density at radius 2 is 2.16 bits per heavy atom. The van der Waals surface area contributed by atoms with Crippen molar-refractivity contribution in [1.82, 2.24) is 19.5 Å². The monoisotopic (exact) mass is 419 g/mol. The highest BCUT2D eigenvalue weighted by Gasteiger charge is 2.58. The molecule has 0 unspecified atom stereocenters. The number of hydrogen-bond acceptors (Lipinski definition) is 5. The number of aliphatic hydroxyl groups excluding tert-OH is 1. The van der Waals surface area contributed by atoms with Crippen LogP contribution in [0.1, 0.15) is 47.7 Å². The Morgan fingerprint density at radius 1 is 1.32 bits per heavy atom. The molecule has 8 heteroatoms. The summed E-state index contributed by atoms with van der Waals surface area (Å²) in [4.78, 5) is 33.1. The van der Waals surface area contributed by atoms with Crippen molar-refractivity contribution < 1.29 is 14.7 Å². The number of nitrogens with zero attached hydrogens (tertiary/aromatic N) is 4. The van der Waals surface area contributed by atoms with Gasteiger partial charge in [0.15, 0.2) is 5.65 Å². The Morgan fingerprint density at radius 3 is 2.97 bits per heavy atom. The van der Waals surface area contributed by atoms with Crippen molar-refractivity contribution in [2.24, 2.45) is 0 Å². The minimum absolute atomic E-state index is 0.0194. The Labute approximate surface area is 179 Å². The summed E-state index contributed by atoms with van der Waals surface area (Å²) in [5, 5.41) is 16.5. The third kappa shape index (κ3) is 2.85. The number of hydrogen-bond donors (Lipinski definition) is 2. The van der Waals surface area contributed by atoms with Crippen LogP contribution in [0.5, 0.6) is 0 Å². The molecule has 1 saturated heterocycles. The van der Waals surface area contributed by atoms with E-state index in [0.29, 0.717) is 30.6 Å². The summed E-state index contributed by atoms with van der Waals surface area (Å²) in [5.41, 5.74) is 2.88. The molecule has 2 aliphatic heterocycles. The number of carbonyl (C=O) groups is 2. The van der Waals surface area contributed by atoms with E-state index >= 15 is 0 Å². The van der Waals surface area contributed by atoms with Crippen LogP contribution in [0.3, 0.4) is 0 Å². The van der Waals surface area contributed by atoms with Crippen molar-refractivity contribution in [1.29, 1.82) is 0 Å². The smallest absolute Gasteiger partial charge is 0.259 e. The van der Waals surface area contributed by atoms with Crippen LogP contribution in [0.2, 0.25) is 0 Å². The van der Waals surface area contributed by atoms with Gasteiger partial charge in [-0.25, -0.2) is 9.50 Å². The van der Waals surface area contributed by atoms with Gasteiger partial charge in [-0.15, -0.1) is 0 Å². The molecule has 1 aromatic carbocycles. The summed E-state index contributed by atoms with van der Waals surface area (Å²) in [5.74, 6) is -0.168. The van der Waals surface area contributed by atoms with Crippen LogP contribution in [0.25, 0.3) is 5.65 Å². The van der Waals surface area contributed by atoms with Gasteiger partial charge in [0.1, 0.15) is 5.56 Å². The lowest BCUT2D eigenvalue weighted by Crippen LogP contribution is -2.48. The van der Waals surface area contributed by atoms with Crippen molar-refractivity contribution in [2.75, 3.05) is 18.5 Å². The standard InChI is InChI=1S/C23H25N5O3/c1-2-5-19-23(17-6-3-4-7-18(17)26-22(23)31)9-10-27(19)21(30)16-13-25-28-14-15(8-11-29)12-24-20(16)28/h3-4,6-7,12-14,19,29H,2,5,8-11H2,1H3,(H,26,31)/t19-,23+/m0/s1. The number of aromatic nitrogens is 3. The fourth-order valence-electron chi connectivity index (χ4n) is 5.20. The Bertz CT molecular complexity index is 1170. The summed E-state index contributed by atoms with van der Waals surface area (Å²) in [6.07, 6.45) is 7.67. The highest BCUT2D eigenvalue weighted by molar-refractivity contribution is 6.08. The maximum absolute atomic E-state index is 13.6. The van der Waals surface area contributed by atoms with Crippen molar-refractivity contribution in [3.63, 3.8) is 0 Å². The fourth-order valence-corrected chi connectivity index (χ4v) is 5.20. The Kier molecular flexibility index (Phi) is 4.74. The maximum atomic E-state index is 13.6. The Hall–Kier alpha value is -3.26. The van der Waals surface area contributed by atoms with E-state index in [-0.39, 0.29) is 24.5 Å². The van der Waals surface area contributed by atoms with Crippen LogP contribution < -0.4 is 5.32 Å². The van der Waals surface area contributed by atoms with Crippen LogP contribution in [-0.4, -0.2) is 55.6 Å². The zero-order valence-corrected chi connectivity index (χ0v) is 17.4. The van der Waals surface area contributed by atoms with Crippen molar-refractivity contribution in [3.05, 3.63) is 59.5 Å². The van der Waals surface area contributed by atoms with Gasteiger partial charge in [-0.2, -0.15) is 5.10 Å². The normalized spacial score (nSPS) is 22.3. The topological polar surface area (TPSA) is 99.8 Å². The zero-order valence-electron chi connectivity index (χ0n) is 17.4. The molecule has 2 aliphatic rings. The van der Waals surface area contributed by atoms with E-state index in [1.807, 2.05) is 29.2 Å². The number of likely N-dealkylation sites (tertiary alicyclic amines) is 1. The predicted molar refractivity (Wildman–Crippen MR) is 115 cm³/mol. The molecule has 0 aliphatic carbocycles. The van der Waals surface area contributed by atoms with Gasteiger partial charge in [-0.05, 0) is 36.5 Å². The molecule has 4 heterocycles. The van der Waals surface area contributed by atoms with Crippen molar-refractivity contribution >= 4 is 23.1 Å². The van der Waals surface area contributed by atoms with Crippen LogP contribution in [0, 0.1) is 0 Å². The molecule has 8 nitrogen and oxygen atoms in total. The first-order chi connectivity index (χ1) is 15.1. The van der Waals surface area contributed by atoms with E-state index in [4.69, 9.17) is 5.11 Å². The second-order valence-corrected chi connectivity index (χ2v) is 8.29. The predicted octanol–water partition coefficient (Wildman–Crippen LogP) is 2.17. The van der Waals surface area contributed by atoms with E-state index in [1.165, 1.54) is 0 Å². The molecule has 31 heavy (non-hydrogen) atoms. The molecule has 0 radical (unpaired) electrons. The first-order valence-electron chi connectivity index (χ1n) is 10.7. The first kappa shape index (κ1) is 19.7. The van der Waals surface area contributed by atoms with Crippen LogP contribution in [0.4, 0.5) is 5.69 Å². The van der Waals surface area contributed by atoms with Gasteiger partial charge in [0.25, 0.3) is 5.91 Å². The van der Waals surface area contributed by atoms with Gasteiger partial charge in [0.2, 0.25) is 5.91 Å². The van der Waals surface area contributed by atoms with Gasteiger partial charge >= 0.3 is 0 Å². The number of nitrogens with one attached hydrogen (secondary N) is 1. The first-order valence-corrected chi connectivity index (χ1v) is 10.7. The van der Waals surface area contributed by atoms with E-state index in [9.17, 15) is 9.59 Å². The van der Waals surface area contributed by atoms with E-state index in [2.05, 4.69) is 22.3 Å². The molecular weight excluding hydrogens is 394 g/mol. The zero-order chi connectivity index (χ0) is 21.6. The molecule has 1 fully saturated rings. The minimum atomic E-state index is -0.715. The molecule has 2 N–H and O–H groups in total. The summed E-state index contributed by atoms with van der Waals surface area (Å²) < 4.78 is 1.58. The fraction of sp³-hybridized carbons (Fsp3) is 0.391. The SMILES string of the molecule is CCC[C@@H]1N(C(=O)c2cnn3cc(CCO)cnc23)CC[C@]12C(=O)Nc1ccccc12. The lowest BCUT2D eigenvalue weighted by Gasteiger charge is -2.33. The van der Waals surface area contributed by atoms with Crippen molar-refractivity contribution in [2.45, 2.75) is 44.1 Å². The molecule has 3 aromatic rings. The lowest BCUT2D eigenvalue weighted by molar-refractivity contribution is -0.121. The summed E-state index contributed by atoms with van der Waals surface area (Å²) in [6, 6.07) is 7.57. The van der Waals surface area contributed by atoms with Gasteiger partial charge in [0.05, 0.1) is 17.7 Å². The highest BCUT2D eigenvalue weighted by atomic mass is 16.3. The van der Waals surface area contributed by atoms with Crippen molar-refractivity contribution in [3.8, 4) is 0 Å². The summed E-state index contributed by atoms with van der Waals surface area (Å²) in [7, 11) is 0. The highest BCUT2D eigenvalue weighted by Crippen LogP contribution is 2.49. The van der Waals surface area contributed by atoms with Crippen LogP contribution >= 0.6 is 0 Å². The largest absolute Gasteiger partial charge is 0.396 e. The van der Waals surface area contributed by atoms with E-state index < -0.39 is 5.41 Å². The summed E-state index contributed by atoms with van der Waals surface area (Å²) in [6.45, 7) is 2.61. The second-order valence-electron chi connectivity index (χ2n) is 8.29. The van der Waals surface area contributed by atoms with E-state index in [0.717, 1.165) is 29.7 Å². The molecule has 0 bridgehead atoms. The van der Waals surface area contributed by atoms with E-state index in [1.54, 1.807) is 23.1 Å². The molecular formula is C23H25N5O3. The number of para-hydroxylation sites is 1. The molecule has 5 rings (SSSR count). The molecule has 160 valence electrons. The average molecular weight is 419 g/mol. The number of carbonyl (C=O) groups excluding carboxylic acids is 2. The van der Waals surface area contributed by atoms with Gasteiger partial charge in [-0.3, -0.25) is 9.59 Å². The number of aliphatic hydroxyl groups is 1. The van der Waals surface area contributed by atoms with Gasteiger partial charge in [0, 0.05) is 31.2 Å². The maximum Gasteiger partial charge on any atom is 0.259 e. The average Bonchev–Trinajstić information content (AvgIpc) is 3.44. The lowest BCUT2D eigenvalue weighted by atomic mass is 9.73. The number of anilines is 1. The number of fused-ring (bicyclic) bond motifs is 3. The van der Waals surface area contributed by atoms with Gasteiger partial charge < -0.3 is 15.3 Å². The van der Waals surface area contributed by atoms with Crippen LogP contribution in [-0.2, 0) is 16.6 Å².